The van der Waals surface area contributed by atoms with Gasteiger partial charge in [0, 0.05) is 28.9 Å². The van der Waals surface area contributed by atoms with Crippen LogP contribution in [-0.2, 0) is 21.4 Å². The van der Waals surface area contributed by atoms with Gasteiger partial charge >= 0.3 is 0 Å². The molecule has 0 aliphatic carbocycles. The molecule has 0 spiro atoms. The van der Waals surface area contributed by atoms with Gasteiger partial charge in [-0.3, -0.25) is 14.4 Å². The van der Waals surface area contributed by atoms with Gasteiger partial charge in [0.1, 0.15) is 5.75 Å². The highest BCUT2D eigenvalue weighted by Crippen LogP contribution is 2.24. The summed E-state index contributed by atoms with van der Waals surface area (Å²) in [5.74, 6) is 0.563. The first-order valence-corrected chi connectivity index (χ1v) is 13.8. The van der Waals surface area contributed by atoms with E-state index in [9.17, 15) is 13.2 Å². The molecule has 2 N–H and O–H groups in total. The van der Waals surface area contributed by atoms with Crippen LogP contribution in [0.2, 0.25) is 5.02 Å². The van der Waals surface area contributed by atoms with E-state index in [1.165, 1.54) is 17.7 Å². The molecule has 1 saturated heterocycles. The van der Waals surface area contributed by atoms with Gasteiger partial charge in [0.2, 0.25) is 5.91 Å². The number of sulfonamides is 1. The predicted molar refractivity (Wildman–Crippen MR) is 143 cm³/mol. The first-order chi connectivity index (χ1) is 17.3. The monoisotopic (exact) mass is 527 g/mol. The van der Waals surface area contributed by atoms with Crippen LogP contribution in [-0.4, -0.2) is 38.9 Å². The molecule has 36 heavy (non-hydrogen) atoms. The van der Waals surface area contributed by atoms with Crippen LogP contribution in [0, 0.1) is 5.92 Å². The lowest BCUT2D eigenvalue weighted by molar-refractivity contribution is -0.121. The SMILES string of the molecule is CCOc1ccc(NS(=O)(=O)c2ccc(NC(=O)C3CCN(Cc4ccc(Cl)cc4)CC3)cc2)cc1. The maximum atomic E-state index is 12.8. The number of hydrogen-bond donors (Lipinski definition) is 2. The fourth-order valence-corrected chi connectivity index (χ4v) is 5.35. The van der Waals surface area contributed by atoms with Gasteiger partial charge in [0.25, 0.3) is 10.0 Å². The maximum Gasteiger partial charge on any atom is 0.261 e. The van der Waals surface area contributed by atoms with Crippen molar-refractivity contribution in [2.45, 2.75) is 31.2 Å². The molecule has 1 amide bonds. The number of rotatable bonds is 9. The second kappa shape index (κ2) is 11.8. The minimum Gasteiger partial charge on any atom is -0.494 e. The minimum absolute atomic E-state index is 0.0377. The van der Waals surface area contributed by atoms with E-state index < -0.39 is 10.0 Å². The highest BCUT2D eigenvalue weighted by Gasteiger charge is 2.25. The molecule has 0 saturated carbocycles. The van der Waals surface area contributed by atoms with Gasteiger partial charge in [0.15, 0.2) is 0 Å². The molecule has 3 aromatic rings. The largest absolute Gasteiger partial charge is 0.494 e. The summed E-state index contributed by atoms with van der Waals surface area (Å²) in [5, 5.41) is 3.65. The average molecular weight is 528 g/mol. The zero-order valence-electron chi connectivity index (χ0n) is 20.1. The number of anilines is 2. The first kappa shape index (κ1) is 26.0. The molecule has 0 atom stereocenters. The first-order valence-electron chi connectivity index (χ1n) is 12.0. The lowest BCUT2D eigenvalue weighted by atomic mass is 9.95. The number of likely N-dealkylation sites (tertiary alicyclic amines) is 1. The Bertz CT molecular complexity index is 1260. The number of carbonyl (C=O) groups is 1. The molecule has 1 aliphatic heterocycles. The van der Waals surface area contributed by atoms with Gasteiger partial charge in [-0.2, -0.15) is 0 Å². The molecule has 0 bridgehead atoms. The Morgan fingerprint density at radius 1 is 0.944 bits per heavy atom. The van der Waals surface area contributed by atoms with E-state index in [1.807, 2.05) is 31.2 Å². The normalized spacial score (nSPS) is 14.8. The lowest BCUT2D eigenvalue weighted by Gasteiger charge is -2.31. The number of carbonyl (C=O) groups excluding carboxylic acids is 1. The summed E-state index contributed by atoms with van der Waals surface area (Å²) in [6.45, 7) is 4.95. The second-order valence-corrected chi connectivity index (χ2v) is 10.9. The van der Waals surface area contributed by atoms with Gasteiger partial charge in [-0.1, -0.05) is 23.7 Å². The lowest BCUT2D eigenvalue weighted by Crippen LogP contribution is -2.37. The average Bonchev–Trinajstić information content (AvgIpc) is 2.87. The molecule has 0 radical (unpaired) electrons. The van der Waals surface area contributed by atoms with Crippen molar-refractivity contribution in [3.8, 4) is 5.75 Å². The minimum atomic E-state index is -3.75. The molecule has 1 fully saturated rings. The Morgan fingerprint density at radius 3 is 2.17 bits per heavy atom. The fraction of sp³-hybridized carbons (Fsp3) is 0.296. The van der Waals surface area contributed by atoms with Crippen LogP contribution < -0.4 is 14.8 Å². The van der Waals surface area contributed by atoms with Crippen LogP contribution >= 0.6 is 11.6 Å². The van der Waals surface area contributed by atoms with Crippen LogP contribution in [0.25, 0.3) is 0 Å². The van der Waals surface area contributed by atoms with E-state index in [4.69, 9.17) is 16.3 Å². The third-order valence-corrected chi connectivity index (χ3v) is 7.78. The molecule has 190 valence electrons. The molecule has 7 nitrogen and oxygen atoms in total. The predicted octanol–water partition coefficient (Wildman–Crippen LogP) is 5.39. The van der Waals surface area contributed by atoms with E-state index >= 15 is 0 Å². The Labute approximate surface area is 217 Å². The molecule has 1 heterocycles. The van der Waals surface area contributed by atoms with Gasteiger partial charge in [-0.15, -0.1) is 0 Å². The Balaban J connectivity index is 1.28. The van der Waals surface area contributed by atoms with Gasteiger partial charge in [-0.05, 0) is 99.1 Å². The van der Waals surface area contributed by atoms with Crippen molar-refractivity contribution in [3.63, 3.8) is 0 Å². The summed E-state index contributed by atoms with van der Waals surface area (Å²) >= 11 is 5.96. The Hall–Kier alpha value is -3.07. The Kier molecular flexibility index (Phi) is 8.51. The van der Waals surface area contributed by atoms with Gasteiger partial charge < -0.3 is 10.1 Å². The van der Waals surface area contributed by atoms with Crippen LogP contribution in [0.3, 0.4) is 0 Å². The smallest absolute Gasteiger partial charge is 0.261 e. The summed E-state index contributed by atoms with van der Waals surface area (Å²) in [4.78, 5) is 15.2. The molecular formula is C27H30ClN3O4S. The van der Waals surface area contributed by atoms with Gasteiger partial charge in [0.05, 0.1) is 11.5 Å². The fourth-order valence-electron chi connectivity index (χ4n) is 4.16. The van der Waals surface area contributed by atoms with Crippen molar-refractivity contribution in [1.82, 2.24) is 4.90 Å². The van der Waals surface area contributed by atoms with E-state index in [-0.39, 0.29) is 16.7 Å². The molecule has 3 aromatic carbocycles. The number of nitrogens with zero attached hydrogens (tertiary/aromatic N) is 1. The number of nitrogens with one attached hydrogen (secondary N) is 2. The van der Waals surface area contributed by atoms with E-state index in [0.717, 1.165) is 37.5 Å². The quantitative estimate of drug-likeness (QED) is 0.389. The zero-order chi connectivity index (χ0) is 25.5. The van der Waals surface area contributed by atoms with Crippen molar-refractivity contribution in [1.29, 1.82) is 0 Å². The number of hydrogen-bond acceptors (Lipinski definition) is 5. The summed E-state index contributed by atoms with van der Waals surface area (Å²) in [5.41, 5.74) is 2.22. The van der Waals surface area contributed by atoms with Crippen LogP contribution in [0.15, 0.2) is 77.7 Å². The second-order valence-electron chi connectivity index (χ2n) is 8.75. The van der Waals surface area contributed by atoms with Crippen molar-refractivity contribution < 1.29 is 17.9 Å². The van der Waals surface area contributed by atoms with Crippen molar-refractivity contribution in [2.24, 2.45) is 5.92 Å². The van der Waals surface area contributed by atoms with Crippen LogP contribution in [0.5, 0.6) is 5.75 Å². The van der Waals surface area contributed by atoms with Gasteiger partial charge in [-0.25, -0.2) is 8.42 Å². The highest BCUT2D eigenvalue weighted by molar-refractivity contribution is 7.92. The molecular weight excluding hydrogens is 498 g/mol. The summed E-state index contributed by atoms with van der Waals surface area (Å²) in [7, 11) is -3.75. The molecule has 4 rings (SSSR count). The van der Waals surface area contributed by atoms with E-state index in [0.29, 0.717) is 23.7 Å². The zero-order valence-corrected chi connectivity index (χ0v) is 21.7. The van der Waals surface area contributed by atoms with Crippen LogP contribution in [0.4, 0.5) is 11.4 Å². The number of piperidine rings is 1. The van der Waals surface area contributed by atoms with Crippen molar-refractivity contribution in [3.05, 3.63) is 83.4 Å². The standard InChI is InChI=1S/C27H30ClN3O4S/c1-2-35-25-11-7-24(8-12-25)30-36(33,34)26-13-9-23(10-14-26)29-27(32)21-15-17-31(18-16-21)19-20-3-5-22(28)6-4-20/h3-14,21,30H,2,15-19H2,1H3,(H,29,32). The van der Waals surface area contributed by atoms with Crippen molar-refractivity contribution in [2.75, 3.05) is 29.7 Å². The maximum absolute atomic E-state index is 12.8. The third kappa shape index (κ3) is 7.00. The Morgan fingerprint density at radius 2 is 1.56 bits per heavy atom. The summed E-state index contributed by atoms with van der Waals surface area (Å²) in [6.07, 6.45) is 1.55. The third-order valence-electron chi connectivity index (χ3n) is 6.13. The number of benzene rings is 3. The number of halogens is 1. The van der Waals surface area contributed by atoms with Crippen LogP contribution in [0.1, 0.15) is 25.3 Å². The van der Waals surface area contributed by atoms with Crippen molar-refractivity contribution >= 4 is 38.9 Å². The topological polar surface area (TPSA) is 87.7 Å². The van der Waals surface area contributed by atoms with E-state index in [1.54, 1.807) is 36.4 Å². The molecule has 0 aromatic heterocycles. The summed E-state index contributed by atoms with van der Waals surface area (Å²) < 4.78 is 33.4. The molecule has 0 unspecified atom stereocenters. The molecule has 1 aliphatic rings. The highest BCUT2D eigenvalue weighted by atomic mass is 35.5. The van der Waals surface area contributed by atoms with E-state index in [2.05, 4.69) is 14.9 Å². The molecule has 9 heteroatoms. The number of amides is 1. The number of ether oxygens (including phenoxy) is 1. The summed E-state index contributed by atoms with van der Waals surface area (Å²) in [6, 6.07) is 20.8.